The molecule has 2 amide bonds. The molecule has 4 aromatic carbocycles. The Bertz CT molecular complexity index is 1470. The van der Waals surface area contributed by atoms with Crippen LogP contribution in [0.25, 0.3) is 0 Å². The first-order chi connectivity index (χ1) is 20.6. The molecule has 0 saturated carbocycles. The largest absolute Gasteiger partial charge is 0.497 e. The van der Waals surface area contributed by atoms with E-state index in [1.807, 2.05) is 91.9 Å². The highest BCUT2D eigenvalue weighted by atomic mass is 16.5. The lowest BCUT2D eigenvalue weighted by atomic mass is 10.0. The maximum Gasteiger partial charge on any atom is 0.248 e. The molecule has 1 N–H and O–H groups in total. The van der Waals surface area contributed by atoms with E-state index in [0.717, 1.165) is 18.5 Å². The Morgan fingerprint density at radius 3 is 2.29 bits per heavy atom. The van der Waals surface area contributed by atoms with Crippen molar-refractivity contribution in [3.05, 3.63) is 120 Å². The number of hydrogen-bond donors (Lipinski definition) is 1. The summed E-state index contributed by atoms with van der Waals surface area (Å²) in [6.07, 6.45) is 1.21. The van der Waals surface area contributed by atoms with Gasteiger partial charge in [0, 0.05) is 37.4 Å². The number of ether oxygens (including phenoxy) is 2. The summed E-state index contributed by atoms with van der Waals surface area (Å²) in [5.41, 5.74) is 4.76. The Balaban J connectivity index is 1.47. The lowest BCUT2D eigenvalue weighted by molar-refractivity contribution is -0.126. The van der Waals surface area contributed by atoms with Crippen molar-refractivity contribution in [2.45, 2.75) is 32.4 Å². The minimum absolute atomic E-state index is 0.140. The highest BCUT2D eigenvalue weighted by Crippen LogP contribution is 2.32. The molecule has 4 aromatic rings. The summed E-state index contributed by atoms with van der Waals surface area (Å²) in [5.74, 6) is 0.975. The third-order valence-corrected chi connectivity index (χ3v) is 7.52. The van der Waals surface area contributed by atoms with Crippen LogP contribution in [0.1, 0.15) is 36.1 Å². The van der Waals surface area contributed by atoms with Crippen molar-refractivity contribution < 1.29 is 19.1 Å². The fourth-order valence-corrected chi connectivity index (χ4v) is 5.38. The van der Waals surface area contributed by atoms with Gasteiger partial charge in [0.1, 0.15) is 17.5 Å². The van der Waals surface area contributed by atoms with Crippen molar-refractivity contribution in [3.63, 3.8) is 0 Å². The number of rotatable bonds is 12. The molecule has 0 saturated heterocycles. The molecule has 0 aromatic heterocycles. The van der Waals surface area contributed by atoms with E-state index in [-0.39, 0.29) is 18.2 Å². The minimum Gasteiger partial charge on any atom is -0.497 e. The molecular weight excluding hydrogens is 526 g/mol. The maximum atomic E-state index is 14.2. The number of carbonyl (C=O) groups is 2. The fraction of sp³-hybridized carbons (Fsp3) is 0.257. The number of nitrogens with one attached hydrogen (secondary N) is 1. The number of methoxy groups -OCH3 is 1. The number of hydrogen-bond acceptors (Lipinski definition) is 5. The summed E-state index contributed by atoms with van der Waals surface area (Å²) in [5, 5.41) is 3.07. The van der Waals surface area contributed by atoms with E-state index in [4.69, 9.17) is 9.47 Å². The van der Waals surface area contributed by atoms with Gasteiger partial charge in [-0.2, -0.15) is 0 Å². The first kappa shape index (κ1) is 28.7. The standard InChI is InChI=1S/C35H37N3O4/c1-3-42-31-19-15-29(16-20-31)38(33(39)22-24-37-23-21-27-11-7-8-12-32(27)37)34(28-13-17-30(41-2)18-14-28)35(40)36-25-26-9-5-4-6-10-26/h4-20,34H,3,21-25H2,1-2H3,(H,36,40)/t34-/m1/s1. The van der Waals surface area contributed by atoms with Crippen LogP contribution in [0.15, 0.2) is 103 Å². The second kappa shape index (κ2) is 13.7. The highest BCUT2D eigenvalue weighted by Gasteiger charge is 2.33. The summed E-state index contributed by atoms with van der Waals surface area (Å²) in [7, 11) is 1.60. The maximum absolute atomic E-state index is 14.2. The second-order valence-corrected chi connectivity index (χ2v) is 10.2. The van der Waals surface area contributed by atoms with Crippen LogP contribution in [0.5, 0.6) is 11.5 Å². The zero-order valence-corrected chi connectivity index (χ0v) is 24.2. The molecule has 1 aliphatic heterocycles. The number of para-hydroxylation sites is 1. The van der Waals surface area contributed by atoms with Gasteiger partial charge in [0.05, 0.1) is 13.7 Å². The molecule has 216 valence electrons. The van der Waals surface area contributed by atoms with Crippen molar-refractivity contribution in [1.29, 1.82) is 0 Å². The van der Waals surface area contributed by atoms with Crippen LogP contribution in [-0.4, -0.2) is 38.6 Å². The average Bonchev–Trinajstić information content (AvgIpc) is 3.45. The second-order valence-electron chi connectivity index (χ2n) is 10.2. The van der Waals surface area contributed by atoms with Crippen LogP contribution in [0.2, 0.25) is 0 Å². The zero-order chi connectivity index (χ0) is 29.3. The summed E-state index contributed by atoms with van der Waals surface area (Å²) in [6.45, 7) is 4.24. The normalized spacial score (nSPS) is 12.8. The molecule has 0 aliphatic carbocycles. The summed E-state index contributed by atoms with van der Waals surface area (Å²) in [4.78, 5) is 32.1. The third-order valence-electron chi connectivity index (χ3n) is 7.52. The molecule has 7 heteroatoms. The zero-order valence-electron chi connectivity index (χ0n) is 24.2. The first-order valence-electron chi connectivity index (χ1n) is 14.4. The van der Waals surface area contributed by atoms with Crippen LogP contribution < -0.4 is 24.6 Å². The number of carbonyl (C=O) groups excluding carboxylic acids is 2. The average molecular weight is 564 g/mol. The van der Waals surface area contributed by atoms with Gasteiger partial charge < -0.3 is 19.7 Å². The van der Waals surface area contributed by atoms with Crippen LogP contribution in [0, 0.1) is 0 Å². The van der Waals surface area contributed by atoms with Crippen LogP contribution in [0.4, 0.5) is 11.4 Å². The van der Waals surface area contributed by atoms with E-state index < -0.39 is 6.04 Å². The van der Waals surface area contributed by atoms with Gasteiger partial charge in [0.25, 0.3) is 0 Å². The van der Waals surface area contributed by atoms with Crippen LogP contribution in [0.3, 0.4) is 0 Å². The predicted octanol–water partition coefficient (Wildman–Crippen LogP) is 5.94. The van der Waals surface area contributed by atoms with E-state index in [1.54, 1.807) is 12.0 Å². The van der Waals surface area contributed by atoms with Crippen LogP contribution in [-0.2, 0) is 22.6 Å². The Kier molecular flexibility index (Phi) is 9.39. The van der Waals surface area contributed by atoms with Gasteiger partial charge in [-0.05, 0) is 72.5 Å². The monoisotopic (exact) mass is 563 g/mol. The summed E-state index contributed by atoms with van der Waals surface area (Å²) in [6, 6.07) is 31.9. The van der Waals surface area contributed by atoms with Crippen molar-refractivity contribution in [2.75, 3.05) is 36.6 Å². The molecule has 0 spiro atoms. The van der Waals surface area contributed by atoms with Gasteiger partial charge in [0.15, 0.2) is 0 Å². The quantitative estimate of drug-likeness (QED) is 0.231. The smallest absolute Gasteiger partial charge is 0.248 e. The number of nitrogens with zero attached hydrogens (tertiary/aromatic N) is 2. The molecule has 42 heavy (non-hydrogen) atoms. The van der Waals surface area contributed by atoms with Crippen molar-refractivity contribution in [3.8, 4) is 11.5 Å². The molecule has 1 atom stereocenters. The van der Waals surface area contributed by atoms with Crippen molar-refractivity contribution in [2.24, 2.45) is 0 Å². The van der Waals surface area contributed by atoms with Gasteiger partial charge in [-0.15, -0.1) is 0 Å². The number of anilines is 2. The molecule has 0 unspecified atom stereocenters. The predicted molar refractivity (Wildman–Crippen MR) is 166 cm³/mol. The van der Waals surface area contributed by atoms with E-state index in [9.17, 15) is 9.59 Å². The molecule has 7 nitrogen and oxygen atoms in total. The number of fused-ring (bicyclic) bond motifs is 1. The van der Waals surface area contributed by atoms with Gasteiger partial charge in [-0.3, -0.25) is 14.5 Å². The molecule has 1 heterocycles. The molecule has 0 radical (unpaired) electrons. The van der Waals surface area contributed by atoms with Crippen molar-refractivity contribution >= 4 is 23.2 Å². The molecule has 0 bridgehead atoms. The molecular formula is C35H37N3O4. The van der Waals surface area contributed by atoms with E-state index in [1.165, 1.54) is 11.3 Å². The summed E-state index contributed by atoms with van der Waals surface area (Å²) < 4.78 is 11.0. The lowest BCUT2D eigenvalue weighted by Gasteiger charge is -2.32. The van der Waals surface area contributed by atoms with E-state index in [0.29, 0.717) is 42.4 Å². The molecule has 0 fully saturated rings. The molecule has 5 rings (SSSR count). The number of benzene rings is 4. The fourth-order valence-electron chi connectivity index (χ4n) is 5.38. The first-order valence-corrected chi connectivity index (χ1v) is 14.4. The Morgan fingerprint density at radius 2 is 1.57 bits per heavy atom. The van der Waals surface area contributed by atoms with Gasteiger partial charge in [-0.1, -0.05) is 60.7 Å². The van der Waals surface area contributed by atoms with Gasteiger partial charge in [-0.25, -0.2) is 0 Å². The van der Waals surface area contributed by atoms with Crippen LogP contribution >= 0.6 is 0 Å². The van der Waals surface area contributed by atoms with Crippen molar-refractivity contribution in [1.82, 2.24) is 5.32 Å². The highest BCUT2D eigenvalue weighted by molar-refractivity contribution is 6.01. The Morgan fingerprint density at radius 1 is 0.881 bits per heavy atom. The Labute approximate surface area is 247 Å². The van der Waals surface area contributed by atoms with Gasteiger partial charge >= 0.3 is 0 Å². The SMILES string of the molecule is CCOc1ccc(N(C(=O)CCN2CCc3ccccc32)[C@@H](C(=O)NCc2ccccc2)c2ccc(OC)cc2)cc1. The Hall–Kier alpha value is -4.78. The third kappa shape index (κ3) is 6.74. The molecule has 1 aliphatic rings. The minimum atomic E-state index is -0.893. The summed E-state index contributed by atoms with van der Waals surface area (Å²) >= 11 is 0. The van der Waals surface area contributed by atoms with Gasteiger partial charge in [0.2, 0.25) is 11.8 Å². The number of amides is 2. The topological polar surface area (TPSA) is 71.1 Å². The van der Waals surface area contributed by atoms with E-state index >= 15 is 0 Å². The van der Waals surface area contributed by atoms with E-state index in [2.05, 4.69) is 28.4 Å². The lowest BCUT2D eigenvalue weighted by Crippen LogP contribution is -2.44.